The van der Waals surface area contributed by atoms with Gasteiger partial charge in [0.1, 0.15) is 18.5 Å². The highest BCUT2D eigenvalue weighted by molar-refractivity contribution is 6.30. The number of hydrogen-bond acceptors (Lipinski definition) is 3. The minimum absolute atomic E-state index is 0.286. The molecule has 0 spiro atoms. The van der Waals surface area contributed by atoms with Crippen molar-refractivity contribution < 1.29 is 9.84 Å². The molecule has 3 nitrogen and oxygen atoms in total. The van der Waals surface area contributed by atoms with Crippen LogP contribution >= 0.6 is 11.6 Å². The van der Waals surface area contributed by atoms with E-state index in [1.54, 1.807) is 0 Å². The standard InChI is InChI=1S/C15H24ClNO2/c1-10(2)7-17-8-14(18)9-19-15-11(3)5-13(16)6-12(15)4/h5-6,10,14,17-18H,7-9H2,1-4H3/t14-/m0/s1. The molecule has 0 fully saturated rings. The number of benzene rings is 1. The average molecular weight is 286 g/mol. The molecule has 0 aliphatic rings. The van der Waals surface area contributed by atoms with Crippen molar-refractivity contribution in [2.45, 2.75) is 33.8 Å². The Morgan fingerprint density at radius 1 is 1.21 bits per heavy atom. The second-order valence-corrected chi connectivity index (χ2v) is 5.82. The second-order valence-electron chi connectivity index (χ2n) is 5.39. The zero-order valence-corrected chi connectivity index (χ0v) is 12.9. The molecule has 1 atom stereocenters. The maximum Gasteiger partial charge on any atom is 0.125 e. The molecule has 0 aromatic heterocycles. The van der Waals surface area contributed by atoms with Crippen molar-refractivity contribution in [3.8, 4) is 5.75 Å². The molecule has 0 aliphatic heterocycles. The van der Waals surface area contributed by atoms with Crippen molar-refractivity contribution in [2.24, 2.45) is 5.92 Å². The van der Waals surface area contributed by atoms with Crippen molar-refractivity contribution >= 4 is 11.6 Å². The molecule has 0 heterocycles. The fourth-order valence-corrected chi connectivity index (χ4v) is 2.23. The smallest absolute Gasteiger partial charge is 0.125 e. The van der Waals surface area contributed by atoms with Crippen LogP contribution in [0.2, 0.25) is 5.02 Å². The lowest BCUT2D eigenvalue weighted by atomic mass is 10.1. The topological polar surface area (TPSA) is 41.5 Å². The number of nitrogens with one attached hydrogen (secondary N) is 1. The van der Waals surface area contributed by atoms with Gasteiger partial charge in [-0.25, -0.2) is 0 Å². The number of aliphatic hydroxyl groups excluding tert-OH is 1. The highest BCUT2D eigenvalue weighted by Gasteiger charge is 2.09. The number of ether oxygens (including phenoxy) is 1. The predicted octanol–water partition coefficient (Wildman–Crippen LogP) is 2.94. The summed E-state index contributed by atoms with van der Waals surface area (Å²) in [6.07, 6.45) is -0.506. The van der Waals surface area contributed by atoms with E-state index in [4.69, 9.17) is 16.3 Å². The van der Waals surface area contributed by atoms with Gasteiger partial charge in [-0.1, -0.05) is 25.4 Å². The first-order chi connectivity index (χ1) is 8.90. The lowest BCUT2D eigenvalue weighted by Crippen LogP contribution is -2.33. The Morgan fingerprint density at radius 3 is 2.32 bits per heavy atom. The Labute approximate surface area is 120 Å². The molecule has 108 valence electrons. The third-order valence-corrected chi connectivity index (χ3v) is 3.00. The highest BCUT2D eigenvalue weighted by Crippen LogP contribution is 2.27. The molecule has 0 unspecified atom stereocenters. The second kappa shape index (κ2) is 7.73. The Hall–Kier alpha value is -0.770. The molecule has 4 heteroatoms. The molecule has 0 saturated carbocycles. The monoisotopic (exact) mass is 285 g/mol. The summed E-state index contributed by atoms with van der Waals surface area (Å²) in [6.45, 7) is 9.91. The number of hydrogen-bond donors (Lipinski definition) is 2. The molecule has 0 bridgehead atoms. The number of aryl methyl sites for hydroxylation is 2. The van der Waals surface area contributed by atoms with Crippen molar-refractivity contribution in [3.05, 3.63) is 28.3 Å². The number of rotatable bonds is 7. The fourth-order valence-electron chi connectivity index (χ4n) is 1.90. The largest absolute Gasteiger partial charge is 0.490 e. The quantitative estimate of drug-likeness (QED) is 0.809. The minimum Gasteiger partial charge on any atom is -0.490 e. The van der Waals surface area contributed by atoms with E-state index >= 15 is 0 Å². The van der Waals surface area contributed by atoms with Crippen LogP contribution in [0.25, 0.3) is 0 Å². The van der Waals surface area contributed by atoms with E-state index in [0.29, 0.717) is 17.5 Å². The van der Waals surface area contributed by atoms with Gasteiger partial charge in [0.25, 0.3) is 0 Å². The summed E-state index contributed by atoms with van der Waals surface area (Å²) in [5.41, 5.74) is 1.99. The van der Waals surface area contributed by atoms with E-state index in [0.717, 1.165) is 23.4 Å². The van der Waals surface area contributed by atoms with Gasteiger partial charge < -0.3 is 15.2 Å². The summed E-state index contributed by atoms with van der Waals surface area (Å²) in [5.74, 6) is 1.39. The lowest BCUT2D eigenvalue weighted by molar-refractivity contribution is 0.105. The summed E-state index contributed by atoms with van der Waals surface area (Å²) >= 11 is 5.97. The summed E-state index contributed by atoms with van der Waals surface area (Å²) in [6, 6.07) is 3.74. The SMILES string of the molecule is Cc1cc(Cl)cc(C)c1OC[C@@H](O)CNCC(C)C. The summed E-state index contributed by atoms with van der Waals surface area (Å²) in [7, 11) is 0. The van der Waals surface area contributed by atoms with Crippen LogP contribution in [-0.2, 0) is 0 Å². The first kappa shape index (κ1) is 16.3. The molecule has 0 saturated heterocycles. The number of halogens is 1. The lowest BCUT2D eigenvalue weighted by Gasteiger charge is -2.17. The number of aliphatic hydroxyl groups is 1. The molecule has 1 aromatic carbocycles. The summed E-state index contributed by atoms with van der Waals surface area (Å²) in [4.78, 5) is 0. The molecule has 0 amide bonds. The van der Waals surface area contributed by atoms with Crippen molar-refractivity contribution in [3.63, 3.8) is 0 Å². The zero-order valence-electron chi connectivity index (χ0n) is 12.2. The summed E-state index contributed by atoms with van der Waals surface area (Å²) in [5, 5.41) is 13.8. The van der Waals surface area contributed by atoms with Gasteiger partial charge in [-0.15, -0.1) is 0 Å². The van der Waals surface area contributed by atoms with Crippen LogP contribution in [0.3, 0.4) is 0 Å². The molecular weight excluding hydrogens is 262 g/mol. The fraction of sp³-hybridized carbons (Fsp3) is 0.600. The molecule has 1 rings (SSSR count). The van der Waals surface area contributed by atoms with Gasteiger partial charge >= 0.3 is 0 Å². The van der Waals surface area contributed by atoms with Gasteiger partial charge in [-0.3, -0.25) is 0 Å². The van der Waals surface area contributed by atoms with E-state index in [-0.39, 0.29) is 6.61 Å². The Bertz CT molecular complexity index is 384. The first-order valence-electron chi connectivity index (χ1n) is 6.68. The van der Waals surface area contributed by atoms with Crippen LogP contribution < -0.4 is 10.1 Å². The van der Waals surface area contributed by atoms with E-state index < -0.39 is 6.10 Å². The average Bonchev–Trinajstić information content (AvgIpc) is 2.26. The van der Waals surface area contributed by atoms with Crippen molar-refractivity contribution in [1.29, 1.82) is 0 Å². The van der Waals surface area contributed by atoms with Gasteiger partial charge in [-0.2, -0.15) is 0 Å². The molecule has 0 aliphatic carbocycles. The minimum atomic E-state index is -0.506. The van der Waals surface area contributed by atoms with Gasteiger partial charge in [0, 0.05) is 11.6 Å². The van der Waals surface area contributed by atoms with Gasteiger partial charge in [0.15, 0.2) is 0 Å². The first-order valence-corrected chi connectivity index (χ1v) is 7.06. The Kier molecular flexibility index (Phi) is 6.63. The normalized spacial score (nSPS) is 12.8. The van der Waals surface area contributed by atoms with Crippen molar-refractivity contribution in [2.75, 3.05) is 19.7 Å². The highest BCUT2D eigenvalue weighted by atomic mass is 35.5. The van der Waals surface area contributed by atoms with E-state index in [2.05, 4.69) is 19.2 Å². The van der Waals surface area contributed by atoms with Gasteiger partial charge in [-0.05, 0) is 49.6 Å². The van der Waals surface area contributed by atoms with Crippen LogP contribution in [0.5, 0.6) is 5.75 Å². The Morgan fingerprint density at radius 2 is 1.79 bits per heavy atom. The van der Waals surface area contributed by atoms with Crippen molar-refractivity contribution in [1.82, 2.24) is 5.32 Å². The predicted molar refractivity (Wildman–Crippen MR) is 80.1 cm³/mol. The van der Waals surface area contributed by atoms with Crippen LogP contribution in [0.15, 0.2) is 12.1 Å². The van der Waals surface area contributed by atoms with Gasteiger partial charge in [0.05, 0.1) is 0 Å². The Balaban J connectivity index is 2.44. The molecule has 19 heavy (non-hydrogen) atoms. The maximum absolute atomic E-state index is 9.85. The molecule has 0 radical (unpaired) electrons. The maximum atomic E-state index is 9.85. The summed E-state index contributed by atoms with van der Waals surface area (Å²) < 4.78 is 5.69. The molecular formula is C15H24ClNO2. The van der Waals surface area contributed by atoms with Gasteiger partial charge in [0.2, 0.25) is 0 Å². The van der Waals surface area contributed by atoms with Crippen LogP contribution in [0.4, 0.5) is 0 Å². The third kappa shape index (κ3) is 5.81. The van der Waals surface area contributed by atoms with E-state index in [1.165, 1.54) is 0 Å². The van der Waals surface area contributed by atoms with E-state index in [9.17, 15) is 5.11 Å². The molecule has 1 aromatic rings. The van der Waals surface area contributed by atoms with Crippen LogP contribution in [0, 0.1) is 19.8 Å². The van der Waals surface area contributed by atoms with E-state index in [1.807, 2.05) is 26.0 Å². The van der Waals surface area contributed by atoms with Crippen LogP contribution in [0.1, 0.15) is 25.0 Å². The van der Waals surface area contributed by atoms with Crippen LogP contribution in [-0.4, -0.2) is 30.9 Å². The third-order valence-electron chi connectivity index (χ3n) is 2.78. The zero-order chi connectivity index (χ0) is 14.4. The molecule has 2 N–H and O–H groups in total.